The zero-order valence-corrected chi connectivity index (χ0v) is 8.41. The van der Waals surface area contributed by atoms with E-state index in [0.717, 1.165) is 12.8 Å². The van der Waals surface area contributed by atoms with Gasteiger partial charge in [-0.3, -0.25) is 9.59 Å². The van der Waals surface area contributed by atoms with E-state index in [0.29, 0.717) is 12.8 Å². The van der Waals surface area contributed by atoms with Gasteiger partial charge < -0.3 is 10.2 Å². The van der Waals surface area contributed by atoms with Crippen LogP contribution in [-0.4, -0.2) is 27.5 Å². The zero-order valence-electron chi connectivity index (χ0n) is 7.65. The van der Waals surface area contributed by atoms with Crippen LogP contribution < -0.4 is 0 Å². The van der Waals surface area contributed by atoms with Gasteiger partial charge in [-0.2, -0.15) is 0 Å². The van der Waals surface area contributed by atoms with E-state index in [1.807, 2.05) is 0 Å². The molecule has 0 aromatic heterocycles. The molecule has 5 heteroatoms. The van der Waals surface area contributed by atoms with Crippen LogP contribution >= 0.6 is 11.6 Å². The monoisotopic (exact) mass is 220 g/mol. The molecule has 1 rings (SSSR count). The SMILES string of the molecule is O=C(O)C(C(=O)O)C1CCCCC1Cl. The van der Waals surface area contributed by atoms with Crippen molar-refractivity contribution in [1.82, 2.24) is 0 Å². The Labute approximate surface area is 86.9 Å². The Balaban J connectivity index is 2.75. The number of carbonyl (C=O) groups is 2. The minimum atomic E-state index is -1.35. The fourth-order valence-electron chi connectivity index (χ4n) is 1.96. The Morgan fingerprint density at radius 2 is 1.64 bits per heavy atom. The van der Waals surface area contributed by atoms with Crippen molar-refractivity contribution in [3.63, 3.8) is 0 Å². The van der Waals surface area contributed by atoms with Gasteiger partial charge in [-0.1, -0.05) is 12.8 Å². The predicted molar refractivity (Wildman–Crippen MR) is 50.4 cm³/mol. The Morgan fingerprint density at radius 3 is 2.07 bits per heavy atom. The fourth-order valence-corrected chi connectivity index (χ4v) is 2.39. The molecule has 0 aromatic carbocycles. The highest BCUT2D eigenvalue weighted by molar-refractivity contribution is 6.21. The van der Waals surface area contributed by atoms with Crippen LogP contribution in [0.25, 0.3) is 0 Å². The van der Waals surface area contributed by atoms with E-state index >= 15 is 0 Å². The highest BCUT2D eigenvalue weighted by Gasteiger charge is 2.39. The minimum Gasteiger partial charge on any atom is -0.481 e. The molecule has 14 heavy (non-hydrogen) atoms. The van der Waals surface area contributed by atoms with Crippen molar-refractivity contribution in [2.45, 2.75) is 31.1 Å². The number of carboxylic acid groups (broad SMARTS) is 2. The first-order valence-corrected chi connectivity index (χ1v) is 5.07. The number of carboxylic acids is 2. The van der Waals surface area contributed by atoms with Crippen LogP contribution in [0.15, 0.2) is 0 Å². The molecule has 80 valence electrons. The van der Waals surface area contributed by atoms with Crippen molar-refractivity contribution < 1.29 is 19.8 Å². The van der Waals surface area contributed by atoms with Crippen molar-refractivity contribution in [2.24, 2.45) is 11.8 Å². The van der Waals surface area contributed by atoms with Crippen LogP contribution in [-0.2, 0) is 9.59 Å². The molecule has 0 saturated heterocycles. The lowest BCUT2D eigenvalue weighted by atomic mass is 9.79. The van der Waals surface area contributed by atoms with Crippen LogP contribution in [0, 0.1) is 11.8 Å². The molecule has 2 unspecified atom stereocenters. The summed E-state index contributed by atoms with van der Waals surface area (Å²) < 4.78 is 0. The van der Waals surface area contributed by atoms with Gasteiger partial charge in [0.2, 0.25) is 0 Å². The number of hydrogen-bond donors (Lipinski definition) is 2. The topological polar surface area (TPSA) is 74.6 Å². The van der Waals surface area contributed by atoms with Crippen LogP contribution in [0.1, 0.15) is 25.7 Å². The number of hydrogen-bond acceptors (Lipinski definition) is 2. The van der Waals surface area contributed by atoms with Gasteiger partial charge in [0, 0.05) is 5.38 Å². The zero-order chi connectivity index (χ0) is 10.7. The summed E-state index contributed by atoms with van der Waals surface area (Å²) in [4.78, 5) is 21.5. The van der Waals surface area contributed by atoms with Gasteiger partial charge in [0.05, 0.1) is 0 Å². The van der Waals surface area contributed by atoms with Crippen molar-refractivity contribution in [3.8, 4) is 0 Å². The molecule has 1 aliphatic carbocycles. The van der Waals surface area contributed by atoms with Crippen molar-refractivity contribution >= 4 is 23.5 Å². The number of rotatable bonds is 3. The third kappa shape index (κ3) is 2.38. The second kappa shape index (κ2) is 4.64. The summed E-state index contributed by atoms with van der Waals surface area (Å²) in [5.41, 5.74) is 0. The number of aliphatic carboxylic acids is 2. The predicted octanol–water partition coefficient (Wildman–Crippen LogP) is 1.57. The van der Waals surface area contributed by atoms with Gasteiger partial charge in [-0.25, -0.2) is 0 Å². The number of alkyl halides is 1. The van der Waals surface area contributed by atoms with E-state index in [9.17, 15) is 9.59 Å². The van der Waals surface area contributed by atoms with Crippen LogP contribution in [0.3, 0.4) is 0 Å². The third-order valence-corrected chi connectivity index (χ3v) is 3.23. The normalized spacial score (nSPS) is 27.6. The minimum absolute atomic E-state index is 0.319. The first-order chi connectivity index (χ1) is 6.54. The van der Waals surface area contributed by atoms with Gasteiger partial charge in [-0.15, -0.1) is 11.6 Å². The Kier molecular flexibility index (Phi) is 3.75. The molecule has 0 bridgehead atoms. The van der Waals surface area contributed by atoms with Crippen LogP contribution in [0.2, 0.25) is 0 Å². The second-order valence-electron chi connectivity index (χ2n) is 3.62. The highest BCUT2D eigenvalue weighted by Crippen LogP contribution is 2.34. The van der Waals surface area contributed by atoms with Crippen molar-refractivity contribution in [2.75, 3.05) is 0 Å². The lowest BCUT2D eigenvalue weighted by Crippen LogP contribution is -2.37. The number of halogens is 1. The van der Waals surface area contributed by atoms with Gasteiger partial charge in [0.25, 0.3) is 0 Å². The van der Waals surface area contributed by atoms with E-state index in [2.05, 4.69) is 0 Å². The summed E-state index contributed by atoms with van der Waals surface area (Å²) in [5.74, 6) is -4.34. The molecule has 0 radical (unpaired) electrons. The Hall–Kier alpha value is -0.770. The first-order valence-electron chi connectivity index (χ1n) is 4.63. The molecule has 0 amide bonds. The summed E-state index contributed by atoms with van der Waals surface area (Å²) in [7, 11) is 0. The summed E-state index contributed by atoms with van der Waals surface area (Å²) in [6.45, 7) is 0. The summed E-state index contributed by atoms with van der Waals surface area (Å²) in [6, 6.07) is 0. The molecular formula is C9H13ClO4. The molecule has 4 nitrogen and oxygen atoms in total. The Bertz CT molecular complexity index is 227. The van der Waals surface area contributed by atoms with E-state index in [-0.39, 0.29) is 5.38 Å². The average Bonchev–Trinajstić information content (AvgIpc) is 2.07. The van der Waals surface area contributed by atoms with E-state index in [4.69, 9.17) is 21.8 Å². The van der Waals surface area contributed by atoms with Crippen LogP contribution in [0.5, 0.6) is 0 Å². The lowest BCUT2D eigenvalue weighted by molar-refractivity contribution is -0.157. The average molecular weight is 221 g/mol. The van der Waals surface area contributed by atoms with Crippen molar-refractivity contribution in [1.29, 1.82) is 0 Å². The second-order valence-corrected chi connectivity index (χ2v) is 4.18. The van der Waals surface area contributed by atoms with Crippen molar-refractivity contribution in [3.05, 3.63) is 0 Å². The van der Waals surface area contributed by atoms with E-state index in [1.165, 1.54) is 0 Å². The maximum absolute atomic E-state index is 10.7. The molecule has 0 spiro atoms. The molecule has 2 atom stereocenters. The molecule has 0 aliphatic heterocycles. The van der Waals surface area contributed by atoms with E-state index in [1.54, 1.807) is 0 Å². The third-order valence-electron chi connectivity index (χ3n) is 2.69. The van der Waals surface area contributed by atoms with Crippen LogP contribution in [0.4, 0.5) is 0 Å². The largest absolute Gasteiger partial charge is 0.481 e. The summed E-state index contributed by atoms with van der Waals surface area (Å²) in [6.07, 6.45) is 3.13. The molecule has 2 N–H and O–H groups in total. The van der Waals surface area contributed by atoms with E-state index < -0.39 is 23.8 Å². The highest BCUT2D eigenvalue weighted by atomic mass is 35.5. The smallest absolute Gasteiger partial charge is 0.318 e. The first kappa shape index (κ1) is 11.3. The van der Waals surface area contributed by atoms with Gasteiger partial charge in [0.1, 0.15) is 0 Å². The molecular weight excluding hydrogens is 208 g/mol. The van der Waals surface area contributed by atoms with Gasteiger partial charge in [0.15, 0.2) is 5.92 Å². The summed E-state index contributed by atoms with van der Waals surface area (Å²) >= 11 is 5.94. The molecule has 1 saturated carbocycles. The molecule has 0 aromatic rings. The van der Waals surface area contributed by atoms with Gasteiger partial charge >= 0.3 is 11.9 Å². The van der Waals surface area contributed by atoms with Gasteiger partial charge in [-0.05, 0) is 18.8 Å². The fraction of sp³-hybridized carbons (Fsp3) is 0.778. The molecule has 1 aliphatic rings. The standard InChI is InChI=1S/C9H13ClO4/c10-6-4-2-1-3-5(6)7(8(11)12)9(13)14/h5-7H,1-4H2,(H,11,12)(H,13,14). The summed E-state index contributed by atoms with van der Waals surface area (Å²) in [5, 5.41) is 17.2. The maximum atomic E-state index is 10.7. The quantitative estimate of drug-likeness (QED) is 0.559. The lowest BCUT2D eigenvalue weighted by Gasteiger charge is -2.29. The Morgan fingerprint density at radius 1 is 1.14 bits per heavy atom. The molecule has 0 heterocycles. The molecule has 1 fully saturated rings. The maximum Gasteiger partial charge on any atom is 0.318 e.